The molecular formula is C14H21. The third-order valence-corrected chi connectivity index (χ3v) is 3.06. The predicted octanol–water partition coefficient (Wildman–Crippen LogP) is 4.27. The van der Waals surface area contributed by atoms with Crippen LogP contribution in [-0.4, -0.2) is 0 Å². The highest BCUT2D eigenvalue weighted by Gasteiger charge is 2.07. The highest BCUT2D eigenvalue weighted by molar-refractivity contribution is 5.47. The van der Waals surface area contributed by atoms with Crippen LogP contribution in [0.1, 0.15) is 47.6 Å². The standard InChI is InChI=1S/C14H21/c1-6-7-8-14-12(4)10(2)9-11(3)13(14)5/h8-9H,6-7H2,1-5H3. The molecule has 0 unspecified atom stereocenters. The van der Waals surface area contributed by atoms with Gasteiger partial charge in [0.1, 0.15) is 0 Å². The Kier molecular flexibility index (Phi) is 3.74. The first-order valence-corrected chi connectivity index (χ1v) is 5.48. The molecule has 1 rings (SSSR count). The minimum absolute atomic E-state index is 1.19. The summed E-state index contributed by atoms with van der Waals surface area (Å²) < 4.78 is 0. The highest BCUT2D eigenvalue weighted by atomic mass is 14.1. The molecule has 0 amide bonds. The fraction of sp³-hybridized carbons (Fsp3) is 0.500. The van der Waals surface area contributed by atoms with Crippen LogP contribution < -0.4 is 0 Å². The smallest absolute Gasteiger partial charge is 0.00875 e. The van der Waals surface area contributed by atoms with Gasteiger partial charge in [0.2, 0.25) is 0 Å². The topological polar surface area (TPSA) is 0 Å². The first-order valence-electron chi connectivity index (χ1n) is 5.48. The van der Waals surface area contributed by atoms with Gasteiger partial charge >= 0.3 is 0 Å². The average Bonchev–Trinajstić information content (AvgIpc) is 2.15. The van der Waals surface area contributed by atoms with Gasteiger partial charge in [0.05, 0.1) is 0 Å². The number of hydrogen-bond donors (Lipinski definition) is 0. The summed E-state index contributed by atoms with van der Waals surface area (Å²) in [6.45, 7) is 11.1. The molecule has 0 heteroatoms. The lowest BCUT2D eigenvalue weighted by atomic mass is 9.91. The number of unbranched alkanes of at least 4 members (excludes halogenated alkanes) is 1. The summed E-state index contributed by atoms with van der Waals surface area (Å²) in [7, 11) is 0. The van der Waals surface area contributed by atoms with Crippen LogP contribution in [0, 0.1) is 34.1 Å². The maximum atomic E-state index is 2.38. The van der Waals surface area contributed by atoms with Crippen LogP contribution in [0.2, 0.25) is 0 Å². The molecule has 0 spiro atoms. The third-order valence-electron chi connectivity index (χ3n) is 3.06. The van der Waals surface area contributed by atoms with Gasteiger partial charge in [-0.3, -0.25) is 0 Å². The van der Waals surface area contributed by atoms with Gasteiger partial charge < -0.3 is 0 Å². The van der Waals surface area contributed by atoms with Crippen molar-refractivity contribution in [2.24, 2.45) is 0 Å². The molecule has 0 nitrogen and oxygen atoms in total. The molecule has 1 radical (unpaired) electrons. The summed E-state index contributed by atoms with van der Waals surface area (Å²) >= 11 is 0. The fourth-order valence-corrected chi connectivity index (χ4v) is 1.84. The van der Waals surface area contributed by atoms with Crippen LogP contribution in [-0.2, 0) is 0 Å². The van der Waals surface area contributed by atoms with Crippen molar-refractivity contribution >= 4 is 0 Å². The van der Waals surface area contributed by atoms with E-state index in [0.29, 0.717) is 0 Å². The zero-order chi connectivity index (χ0) is 10.7. The Morgan fingerprint density at radius 1 is 1.00 bits per heavy atom. The van der Waals surface area contributed by atoms with Crippen LogP contribution in [0.4, 0.5) is 0 Å². The molecule has 14 heavy (non-hydrogen) atoms. The van der Waals surface area contributed by atoms with E-state index in [2.05, 4.69) is 47.1 Å². The lowest BCUT2D eigenvalue weighted by molar-refractivity contribution is 0.905. The molecule has 0 N–H and O–H groups in total. The lowest BCUT2D eigenvalue weighted by Crippen LogP contribution is -1.97. The van der Waals surface area contributed by atoms with E-state index in [1.165, 1.54) is 40.7 Å². The zero-order valence-corrected chi connectivity index (χ0v) is 10.1. The van der Waals surface area contributed by atoms with E-state index in [1.54, 1.807) is 0 Å². The van der Waals surface area contributed by atoms with Gasteiger partial charge in [0, 0.05) is 0 Å². The van der Waals surface area contributed by atoms with Crippen molar-refractivity contribution in [3.8, 4) is 0 Å². The summed E-state index contributed by atoms with van der Waals surface area (Å²) in [5.41, 5.74) is 7.18. The highest BCUT2D eigenvalue weighted by Crippen LogP contribution is 2.24. The quantitative estimate of drug-likeness (QED) is 0.666. The fourth-order valence-electron chi connectivity index (χ4n) is 1.84. The first kappa shape index (κ1) is 11.3. The van der Waals surface area contributed by atoms with Gasteiger partial charge in [-0.2, -0.15) is 0 Å². The van der Waals surface area contributed by atoms with E-state index in [1.807, 2.05) is 0 Å². The maximum Gasteiger partial charge on any atom is -0.00875 e. The molecule has 1 aromatic carbocycles. The number of rotatable bonds is 3. The molecule has 0 saturated heterocycles. The second kappa shape index (κ2) is 4.63. The Morgan fingerprint density at radius 2 is 1.50 bits per heavy atom. The van der Waals surface area contributed by atoms with Gasteiger partial charge in [-0.25, -0.2) is 0 Å². The van der Waals surface area contributed by atoms with E-state index < -0.39 is 0 Å². The molecule has 0 bridgehead atoms. The van der Waals surface area contributed by atoms with Gasteiger partial charge in [-0.15, -0.1) is 0 Å². The summed E-state index contributed by atoms with van der Waals surface area (Å²) in [5.74, 6) is 0. The van der Waals surface area contributed by atoms with Crippen molar-refractivity contribution in [1.29, 1.82) is 0 Å². The second-order valence-electron chi connectivity index (χ2n) is 4.17. The molecule has 0 fully saturated rings. The predicted molar refractivity (Wildman–Crippen MR) is 63.7 cm³/mol. The number of hydrogen-bond acceptors (Lipinski definition) is 0. The molecule has 0 saturated carbocycles. The van der Waals surface area contributed by atoms with E-state index in [0.717, 1.165) is 0 Å². The van der Waals surface area contributed by atoms with Crippen molar-refractivity contribution in [2.75, 3.05) is 0 Å². The Bertz CT molecular complexity index is 295. The van der Waals surface area contributed by atoms with Crippen molar-refractivity contribution < 1.29 is 0 Å². The van der Waals surface area contributed by atoms with Gasteiger partial charge in [-0.05, 0) is 68.4 Å². The lowest BCUT2D eigenvalue weighted by Gasteiger charge is -2.14. The van der Waals surface area contributed by atoms with E-state index >= 15 is 0 Å². The minimum atomic E-state index is 1.19. The zero-order valence-electron chi connectivity index (χ0n) is 10.1. The average molecular weight is 189 g/mol. The first-order chi connectivity index (χ1) is 6.57. The van der Waals surface area contributed by atoms with Crippen LogP contribution in [0.15, 0.2) is 6.07 Å². The maximum absolute atomic E-state index is 2.38. The Morgan fingerprint density at radius 3 is 1.93 bits per heavy atom. The SMILES string of the molecule is CCC[CH]c1c(C)c(C)cc(C)c1C. The molecule has 77 valence electrons. The van der Waals surface area contributed by atoms with E-state index in [-0.39, 0.29) is 0 Å². The normalized spacial score (nSPS) is 10.6. The molecule has 0 heterocycles. The molecular weight excluding hydrogens is 168 g/mol. The molecule has 0 atom stereocenters. The largest absolute Gasteiger partial charge is 0.0654 e. The van der Waals surface area contributed by atoms with Gasteiger partial charge in [0.15, 0.2) is 0 Å². The van der Waals surface area contributed by atoms with Gasteiger partial charge in [-0.1, -0.05) is 19.4 Å². The van der Waals surface area contributed by atoms with Crippen molar-refractivity contribution in [3.05, 3.63) is 40.3 Å². The van der Waals surface area contributed by atoms with Crippen molar-refractivity contribution in [2.45, 2.75) is 47.5 Å². The third kappa shape index (κ3) is 2.17. The van der Waals surface area contributed by atoms with Gasteiger partial charge in [0.25, 0.3) is 0 Å². The van der Waals surface area contributed by atoms with E-state index in [4.69, 9.17) is 0 Å². The number of benzene rings is 1. The Hall–Kier alpha value is -0.780. The van der Waals surface area contributed by atoms with Crippen LogP contribution in [0.3, 0.4) is 0 Å². The molecule has 0 aromatic heterocycles. The molecule has 0 aliphatic heterocycles. The van der Waals surface area contributed by atoms with Crippen molar-refractivity contribution in [1.82, 2.24) is 0 Å². The van der Waals surface area contributed by atoms with Crippen LogP contribution >= 0.6 is 0 Å². The second-order valence-corrected chi connectivity index (χ2v) is 4.17. The summed E-state index contributed by atoms with van der Waals surface area (Å²) in [4.78, 5) is 0. The summed E-state index contributed by atoms with van der Waals surface area (Å²) in [6.07, 6.45) is 4.79. The van der Waals surface area contributed by atoms with Crippen LogP contribution in [0.25, 0.3) is 0 Å². The molecule has 0 aliphatic carbocycles. The minimum Gasteiger partial charge on any atom is -0.0654 e. The van der Waals surface area contributed by atoms with E-state index in [9.17, 15) is 0 Å². The Balaban J connectivity index is 3.11. The molecule has 1 aromatic rings. The van der Waals surface area contributed by atoms with Crippen molar-refractivity contribution in [3.63, 3.8) is 0 Å². The summed E-state index contributed by atoms with van der Waals surface area (Å²) in [5, 5.41) is 0. The monoisotopic (exact) mass is 189 g/mol. The van der Waals surface area contributed by atoms with Crippen LogP contribution in [0.5, 0.6) is 0 Å². The number of aryl methyl sites for hydroxylation is 2. The molecule has 0 aliphatic rings. The summed E-state index contributed by atoms with van der Waals surface area (Å²) in [6, 6.07) is 2.29. The Labute approximate surface area is 88.4 Å².